The fourth-order valence-corrected chi connectivity index (χ4v) is 3.61. The van der Waals surface area contributed by atoms with E-state index in [1.54, 1.807) is 0 Å². The quantitative estimate of drug-likeness (QED) is 0.543. The first-order valence-electron chi connectivity index (χ1n) is 9.03. The third-order valence-corrected chi connectivity index (χ3v) is 5.00. The molecule has 0 saturated heterocycles. The number of tetrazole rings is 1. The topological polar surface area (TPSA) is 92.3 Å². The molecule has 138 valence electrons. The number of halogens is 1. The van der Waals surface area contributed by atoms with Crippen molar-refractivity contribution in [2.75, 3.05) is 5.32 Å². The Kier molecular flexibility index (Phi) is 4.21. The molecule has 8 heteroatoms. The highest BCUT2D eigenvalue weighted by Crippen LogP contribution is 2.32. The molecule has 2 heterocycles. The van der Waals surface area contributed by atoms with Gasteiger partial charge in [0.1, 0.15) is 5.82 Å². The second kappa shape index (κ2) is 7.01. The van der Waals surface area contributed by atoms with E-state index < -0.39 is 0 Å². The fraction of sp³-hybridized carbons (Fsp3) is 0.150. The summed E-state index contributed by atoms with van der Waals surface area (Å²) in [4.78, 5) is 9.58. The summed E-state index contributed by atoms with van der Waals surface area (Å²) in [6.07, 6.45) is 3.04. The van der Waals surface area contributed by atoms with Gasteiger partial charge in [0.05, 0.1) is 0 Å². The molecular formula is C20H16ClN7. The smallest absolute Gasteiger partial charge is 0.204 e. The maximum absolute atomic E-state index is 6.15. The molecule has 5 rings (SSSR count). The van der Waals surface area contributed by atoms with Crippen LogP contribution in [0.25, 0.3) is 22.8 Å². The van der Waals surface area contributed by atoms with E-state index in [1.807, 2.05) is 48.5 Å². The van der Waals surface area contributed by atoms with E-state index in [4.69, 9.17) is 21.6 Å². The maximum atomic E-state index is 6.15. The van der Waals surface area contributed by atoms with Gasteiger partial charge in [0.15, 0.2) is 5.82 Å². The largest absolute Gasteiger partial charge is 0.340 e. The van der Waals surface area contributed by atoms with Crippen molar-refractivity contribution in [1.29, 1.82) is 0 Å². The lowest BCUT2D eigenvalue weighted by atomic mass is 10.1. The van der Waals surface area contributed by atoms with E-state index in [9.17, 15) is 0 Å². The highest BCUT2D eigenvalue weighted by Gasteiger charge is 2.20. The molecule has 0 radical (unpaired) electrons. The van der Waals surface area contributed by atoms with E-state index in [1.165, 1.54) is 5.56 Å². The first-order valence-corrected chi connectivity index (χ1v) is 9.41. The summed E-state index contributed by atoms with van der Waals surface area (Å²) in [7, 11) is 0. The van der Waals surface area contributed by atoms with Crippen molar-refractivity contribution in [3.8, 4) is 22.8 Å². The van der Waals surface area contributed by atoms with Gasteiger partial charge >= 0.3 is 0 Å². The van der Waals surface area contributed by atoms with Gasteiger partial charge in [-0.1, -0.05) is 23.7 Å². The number of hydrogen-bond acceptors (Lipinski definition) is 6. The van der Waals surface area contributed by atoms with Crippen LogP contribution in [0.1, 0.15) is 17.7 Å². The zero-order chi connectivity index (χ0) is 18.9. The lowest BCUT2D eigenvalue weighted by Gasteiger charge is -2.13. The molecular weight excluding hydrogens is 374 g/mol. The molecule has 0 fully saturated rings. The summed E-state index contributed by atoms with van der Waals surface area (Å²) in [5, 5.41) is 18.2. The van der Waals surface area contributed by atoms with Gasteiger partial charge in [-0.05, 0) is 60.9 Å². The summed E-state index contributed by atoms with van der Waals surface area (Å²) in [5.74, 6) is 2.11. The van der Waals surface area contributed by atoms with Crippen LogP contribution >= 0.6 is 11.6 Å². The summed E-state index contributed by atoms with van der Waals surface area (Å²) in [5.41, 5.74) is 5.05. The minimum absolute atomic E-state index is 0.567. The number of H-pyrrole nitrogens is 1. The molecule has 2 aromatic carbocycles. The van der Waals surface area contributed by atoms with E-state index in [-0.39, 0.29) is 0 Å². The zero-order valence-electron chi connectivity index (χ0n) is 14.9. The number of hydrogen-bond donors (Lipinski definition) is 2. The molecule has 0 saturated carbocycles. The molecule has 4 aromatic rings. The molecule has 1 aliphatic rings. The van der Waals surface area contributed by atoms with Crippen molar-refractivity contribution in [3.05, 3.63) is 64.8 Å². The highest BCUT2D eigenvalue weighted by molar-refractivity contribution is 6.30. The van der Waals surface area contributed by atoms with Gasteiger partial charge in [-0.15, -0.1) is 10.2 Å². The Morgan fingerprint density at radius 3 is 2.61 bits per heavy atom. The van der Waals surface area contributed by atoms with Crippen LogP contribution in [0.2, 0.25) is 5.02 Å². The molecule has 1 aliphatic carbocycles. The van der Waals surface area contributed by atoms with Crippen LogP contribution in [0.15, 0.2) is 48.5 Å². The van der Waals surface area contributed by atoms with Gasteiger partial charge in [-0.2, -0.15) is 5.21 Å². The number of aromatic amines is 1. The predicted molar refractivity (Wildman–Crippen MR) is 107 cm³/mol. The number of anilines is 2. The summed E-state index contributed by atoms with van der Waals surface area (Å²) in [6.45, 7) is 0. The number of nitrogens with zero attached hydrogens (tertiary/aromatic N) is 5. The molecule has 2 aromatic heterocycles. The second-order valence-electron chi connectivity index (χ2n) is 6.62. The summed E-state index contributed by atoms with van der Waals surface area (Å²) < 4.78 is 0. The van der Waals surface area contributed by atoms with Gasteiger partial charge in [-0.3, -0.25) is 0 Å². The van der Waals surface area contributed by atoms with Gasteiger partial charge in [0.2, 0.25) is 5.82 Å². The van der Waals surface area contributed by atoms with Gasteiger partial charge in [0.25, 0.3) is 0 Å². The lowest BCUT2D eigenvalue weighted by molar-refractivity contribution is 0.881. The van der Waals surface area contributed by atoms with Crippen molar-refractivity contribution in [1.82, 2.24) is 30.6 Å². The standard InChI is InChI=1S/C20H16ClN7/c21-14-4-1-3-13(11-14)18-23-17-6-2-5-16(17)20(24-18)22-15-9-7-12(8-10-15)19-25-27-28-26-19/h1,3-4,7-11H,2,5-6H2,(H,22,23,24)(H,25,26,27,28). The Labute approximate surface area is 166 Å². The fourth-order valence-electron chi connectivity index (χ4n) is 3.42. The normalized spacial score (nSPS) is 12.8. The van der Waals surface area contributed by atoms with Crippen LogP contribution in [0.4, 0.5) is 11.5 Å². The Morgan fingerprint density at radius 1 is 0.929 bits per heavy atom. The van der Waals surface area contributed by atoms with Gasteiger partial charge < -0.3 is 5.32 Å². The summed E-state index contributed by atoms with van der Waals surface area (Å²) in [6, 6.07) is 15.5. The first kappa shape index (κ1) is 16.8. The number of benzene rings is 2. The van der Waals surface area contributed by atoms with E-state index >= 15 is 0 Å². The van der Waals surface area contributed by atoms with Gasteiger partial charge in [0, 0.05) is 33.1 Å². The van der Waals surface area contributed by atoms with E-state index in [2.05, 4.69) is 25.9 Å². The van der Waals surface area contributed by atoms with Crippen LogP contribution < -0.4 is 5.32 Å². The summed E-state index contributed by atoms with van der Waals surface area (Å²) >= 11 is 6.15. The van der Waals surface area contributed by atoms with Crippen molar-refractivity contribution < 1.29 is 0 Å². The molecule has 0 bridgehead atoms. The Balaban J connectivity index is 1.49. The highest BCUT2D eigenvalue weighted by atomic mass is 35.5. The first-order chi connectivity index (χ1) is 13.8. The Morgan fingerprint density at radius 2 is 1.82 bits per heavy atom. The molecule has 0 atom stereocenters. The number of rotatable bonds is 4. The molecule has 2 N–H and O–H groups in total. The van der Waals surface area contributed by atoms with Crippen LogP contribution in [0.3, 0.4) is 0 Å². The minimum atomic E-state index is 0.567. The van der Waals surface area contributed by atoms with Crippen LogP contribution in [0, 0.1) is 0 Å². The van der Waals surface area contributed by atoms with Crippen molar-refractivity contribution in [3.63, 3.8) is 0 Å². The maximum Gasteiger partial charge on any atom is 0.204 e. The Bertz CT molecular complexity index is 1120. The van der Waals surface area contributed by atoms with Crippen molar-refractivity contribution in [2.45, 2.75) is 19.3 Å². The number of aryl methyl sites for hydroxylation is 1. The SMILES string of the molecule is Clc1cccc(-c2nc3c(c(Nc4ccc(-c5nn[nH]n5)cc4)n2)CCC3)c1. The molecule has 0 aliphatic heterocycles. The lowest BCUT2D eigenvalue weighted by Crippen LogP contribution is -2.03. The number of aromatic nitrogens is 6. The number of fused-ring (bicyclic) bond motifs is 1. The van der Waals surface area contributed by atoms with E-state index in [0.29, 0.717) is 16.7 Å². The van der Waals surface area contributed by atoms with Crippen molar-refractivity contribution >= 4 is 23.1 Å². The third-order valence-electron chi connectivity index (χ3n) is 4.77. The third kappa shape index (κ3) is 3.20. The Hall–Kier alpha value is -3.32. The molecule has 0 amide bonds. The molecule has 0 unspecified atom stereocenters. The average Bonchev–Trinajstić information content (AvgIpc) is 3.40. The molecule has 0 spiro atoms. The second-order valence-corrected chi connectivity index (χ2v) is 7.06. The monoisotopic (exact) mass is 389 g/mol. The molecule has 7 nitrogen and oxygen atoms in total. The van der Waals surface area contributed by atoms with Gasteiger partial charge in [-0.25, -0.2) is 9.97 Å². The minimum Gasteiger partial charge on any atom is -0.340 e. The zero-order valence-corrected chi connectivity index (χ0v) is 15.6. The van der Waals surface area contributed by atoms with Crippen molar-refractivity contribution in [2.24, 2.45) is 0 Å². The predicted octanol–water partition coefficient (Wildman–Crippen LogP) is 4.21. The molecule has 28 heavy (non-hydrogen) atoms. The number of nitrogens with one attached hydrogen (secondary N) is 2. The average molecular weight is 390 g/mol. The van der Waals surface area contributed by atoms with E-state index in [0.717, 1.165) is 47.6 Å². The van der Waals surface area contributed by atoms with Crippen LogP contribution in [-0.4, -0.2) is 30.6 Å². The van der Waals surface area contributed by atoms with Crippen LogP contribution in [0.5, 0.6) is 0 Å². The van der Waals surface area contributed by atoms with Crippen LogP contribution in [-0.2, 0) is 12.8 Å².